The van der Waals surface area contributed by atoms with Crippen LogP contribution < -0.4 is 5.73 Å². The molecule has 2 bridgehead atoms. The van der Waals surface area contributed by atoms with Crippen LogP contribution in [-0.2, 0) is 23.8 Å². The van der Waals surface area contributed by atoms with Gasteiger partial charge in [0.2, 0.25) is 0 Å². The van der Waals surface area contributed by atoms with Gasteiger partial charge in [-0.25, -0.2) is 0 Å². The average Bonchev–Trinajstić information content (AvgIpc) is 2.92. The molecule has 43 heavy (non-hydrogen) atoms. The number of nitrogens with two attached hydrogens (primary N) is 1. The van der Waals surface area contributed by atoms with Gasteiger partial charge in [-0.2, -0.15) is 0 Å². The molecule has 3 saturated carbocycles. The number of rotatable bonds is 9. The summed E-state index contributed by atoms with van der Waals surface area (Å²) in [5, 5.41) is 10.9. The second-order valence-electron chi connectivity index (χ2n) is 16.5. The van der Waals surface area contributed by atoms with E-state index in [1.54, 1.807) is 0 Å². The number of aliphatic carboxylic acids is 1. The number of esters is 1. The fourth-order valence-corrected chi connectivity index (χ4v) is 11.6. The van der Waals surface area contributed by atoms with E-state index in [0.717, 1.165) is 44.9 Å². The fourth-order valence-electron chi connectivity index (χ4n) is 11.6. The molecule has 244 valence electrons. The maximum Gasteiger partial charge on any atom is 0.307 e. The van der Waals surface area contributed by atoms with Gasteiger partial charge in [-0.15, -0.1) is 0 Å². The van der Waals surface area contributed by atoms with Gasteiger partial charge in [0, 0.05) is 24.4 Å². The quantitative estimate of drug-likeness (QED) is 0.173. The molecule has 4 fully saturated rings. The van der Waals surface area contributed by atoms with Crippen molar-refractivity contribution in [3.05, 3.63) is 11.6 Å². The number of hydrogen-bond donors (Lipinski definition) is 2. The third-order valence-corrected chi connectivity index (χ3v) is 14.3. The van der Waals surface area contributed by atoms with Crippen molar-refractivity contribution in [3.63, 3.8) is 0 Å². The first kappa shape index (κ1) is 32.9. The third kappa shape index (κ3) is 4.76. The van der Waals surface area contributed by atoms with Crippen molar-refractivity contribution in [2.75, 3.05) is 26.4 Å². The maximum atomic E-state index is 13.3. The van der Waals surface area contributed by atoms with Crippen LogP contribution in [0.3, 0.4) is 0 Å². The standard InChI is InChI=1S/C36H59NO6/c1-22(2)23(3)32(5)15-16-34(7)25-11-12-28-33(6)20-41-21-36(28,26(25)13-14-35(34,8)29(32)31(39)40)19-27(43-24(4)38)30(33)42-18-10-9-17-37/h13,22-23,25,27-30H,9-12,14-21,37H2,1-8H3,(H,39,40)/t23-,25+,27-,28?,29-,30+,32-,33-,34-,35+,36+/m1/s1. The predicted molar refractivity (Wildman–Crippen MR) is 167 cm³/mol. The minimum Gasteiger partial charge on any atom is -0.481 e. The summed E-state index contributed by atoms with van der Waals surface area (Å²) in [7, 11) is 0. The smallest absolute Gasteiger partial charge is 0.307 e. The Morgan fingerprint density at radius 1 is 1.07 bits per heavy atom. The summed E-state index contributed by atoms with van der Waals surface area (Å²) >= 11 is 0. The van der Waals surface area contributed by atoms with Crippen LogP contribution in [-0.4, -0.2) is 55.6 Å². The minimum atomic E-state index is -0.636. The molecular formula is C36H59NO6. The number of unbranched alkanes of at least 4 members (excludes halogenated alkanes) is 1. The molecule has 0 aromatic rings. The molecule has 0 aromatic heterocycles. The molecule has 0 aromatic carbocycles. The summed E-state index contributed by atoms with van der Waals surface area (Å²) in [6.07, 6.45) is 9.21. The fraction of sp³-hybridized carbons (Fsp3) is 0.889. The summed E-state index contributed by atoms with van der Waals surface area (Å²) in [6.45, 7) is 20.0. The Morgan fingerprint density at radius 3 is 2.42 bits per heavy atom. The zero-order valence-electron chi connectivity index (χ0n) is 28.2. The van der Waals surface area contributed by atoms with Crippen molar-refractivity contribution in [2.24, 2.45) is 62.4 Å². The number of ether oxygens (including phenoxy) is 3. The first-order valence-electron chi connectivity index (χ1n) is 17.1. The number of carbonyl (C=O) groups excluding carboxylic acids is 1. The Kier molecular flexibility index (Phi) is 8.75. The van der Waals surface area contributed by atoms with Crippen molar-refractivity contribution >= 4 is 11.9 Å². The first-order valence-corrected chi connectivity index (χ1v) is 17.1. The van der Waals surface area contributed by atoms with E-state index in [4.69, 9.17) is 19.9 Å². The number of carboxylic acid groups (broad SMARTS) is 1. The van der Waals surface area contributed by atoms with Crippen molar-refractivity contribution < 1.29 is 28.9 Å². The van der Waals surface area contributed by atoms with E-state index in [-0.39, 0.29) is 51.2 Å². The lowest BCUT2D eigenvalue weighted by atomic mass is 9.34. The van der Waals surface area contributed by atoms with Crippen molar-refractivity contribution in [1.29, 1.82) is 0 Å². The van der Waals surface area contributed by atoms with Crippen molar-refractivity contribution in [2.45, 2.75) is 119 Å². The van der Waals surface area contributed by atoms with Crippen LogP contribution in [0.25, 0.3) is 0 Å². The monoisotopic (exact) mass is 601 g/mol. The number of fused-ring (bicyclic) bond motifs is 3. The molecule has 3 N–H and O–H groups in total. The van der Waals surface area contributed by atoms with Crippen LogP contribution in [0, 0.1) is 56.7 Å². The van der Waals surface area contributed by atoms with Crippen molar-refractivity contribution in [3.8, 4) is 0 Å². The summed E-state index contributed by atoms with van der Waals surface area (Å²) in [5.74, 6) is 0.0671. The van der Waals surface area contributed by atoms with Gasteiger partial charge in [0.25, 0.3) is 0 Å². The zero-order valence-corrected chi connectivity index (χ0v) is 28.2. The normalized spacial score (nSPS) is 46.2. The van der Waals surface area contributed by atoms with Crippen molar-refractivity contribution in [1.82, 2.24) is 0 Å². The largest absolute Gasteiger partial charge is 0.481 e. The highest BCUT2D eigenvalue weighted by Crippen LogP contribution is 2.75. The van der Waals surface area contributed by atoms with Crippen LogP contribution >= 0.6 is 0 Å². The molecular weight excluding hydrogens is 542 g/mol. The van der Waals surface area contributed by atoms with E-state index in [9.17, 15) is 14.7 Å². The molecule has 11 atom stereocenters. The van der Waals surface area contributed by atoms with Crippen LogP contribution in [0.15, 0.2) is 11.6 Å². The molecule has 1 heterocycles. The van der Waals surface area contributed by atoms with Gasteiger partial charge in [0.15, 0.2) is 0 Å². The highest BCUT2D eigenvalue weighted by Gasteiger charge is 2.72. The molecule has 5 rings (SSSR count). The van der Waals surface area contributed by atoms with E-state index in [2.05, 4.69) is 54.5 Å². The molecule has 4 aliphatic carbocycles. The SMILES string of the molecule is CC(=O)O[C@@H]1C[C@@]23COC[C@](C)(C2CC[C@H]2C3=CC[C@@]3(C)[C@H](C(=O)O)[C@@](C)([C@H](C)C(C)C)CC[C@]23C)[C@H]1OCCCCN. The zero-order chi connectivity index (χ0) is 31.6. The lowest BCUT2D eigenvalue weighted by Crippen LogP contribution is -2.70. The average molecular weight is 602 g/mol. The summed E-state index contributed by atoms with van der Waals surface area (Å²) in [4.78, 5) is 25.7. The molecule has 1 aliphatic heterocycles. The second kappa shape index (κ2) is 11.4. The first-order chi connectivity index (χ1) is 20.1. The Labute approximate surface area is 260 Å². The highest BCUT2D eigenvalue weighted by atomic mass is 16.6. The summed E-state index contributed by atoms with van der Waals surface area (Å²) in [5.41, 5.74) is 5.92. The van der Waals surface area contributed by atoms with Gasteiger partial charge >= 0.3 is 11.9 Å². The van der Waals surface area contributed by atoms with E-state index in [1.165, 1.54) is 12.5 Å². The molecule has 1 unspecified atom stereocenters. The van der Waals surface area contributed by atoms with Gasteiger partial charge in [0.1, 0.15) is 12.2 Å². The molecule has 0 radical (unpaired) electrons. The highest BCUT2D eigenvalue weighted by molar-refractivity contribution is 5.73. The molecule has 0 spiro atoms. The Balaban J connectivity index is 1.56. The summed E-state index contributed by atoms with van der Waals surface area (Å²) in [6, 6.07) is 0. The van der Waals surface area contributed by atoms with Gasteiger partial charge in [0.05, 0.1) is 19.1 Å². The summed E-state index contributed by atoms with van der Waals surface area (Å²) < 4.78 is 19.2. The molecule has 7 heteroatoms. The molecule has 5 aliphatic rings. The predicted octanol–water partition coefficient (Wildman–Crippen LogP) is 6.63. The maximum absolute atomic E-state index is 13.3. The lowest BCUT2D eigenvalue weighted by molar-refractivity contribution is -0.267. The molecule has 7 nitrogen and oxygen atoms in total. The van der Waals surface area contributed by atoms with Crippen LogP contribution in [0.1, 0.15) is 107 Å². The van der Waals surface area contributed by atoms with Gasteiger partial charge in [-0.3, -0.25) is 9.59 Å². The van der Waals surface area contributed by atoms with Gasteiger partial charge in [-0.1, -0.05) is 60.1 Å². The third-order valence-electron chi connectivity index (χ3n) is 14.3. The van der Waals surface area contributed by atoms with Crippen LogP contribution in [0.5, 0.6) is 0 Å². The number of carbonyl (C=O) groups is 2. The Bertz CT molecular complexity index is 1120. The second-order valence-corrected chi connectivity index (χ2v) is 16.5. The van der Waals surface area contributed by atoms with E-state index in [0.29, 0.717) is 50.5 Å². The topological polar surface area (TPSA) is 108 Å². The number of allylic oxidation sites excluding steroid dienone is 1. The van der Waals surface area contributed by atoms with E-state index >= 15 is 0 Å². The van der Waals surface area contributed by atoms with Gasteiger partial charge in [-0.05, 0) is 97.8 Å². The van der Waals surface area contributed by atoms with Gasteiger partial charge < -0.3 is 25.1 Å². The van der Waals surface area contributed by atoms with Crippen LogP contribution in [0.2, 0.25) is 0 Å². The Hall–Kier alpha value is -1.44. The van der Waals surface area contributed by atoms with E-state index < -0.39 is 11.9 Å². The molecule has 0 amide bonds. The molecule has 1 saturated heterocycles. The van der Waals surface area contributed by atoms with Crippen LogP contribution in [0.4, 0.5) is 0 Å². The van der Waals surface area contributed by atoms with E-state index in [1.807, 2.05) is 0 Å². The number of hydrogen-bond acceptors (Lipinski definition) is 6. The number of carboxylic acids is 1. The Morgan fingerprint density at radius 2 is 1.79 bits per heavy atom. The lowest BCUT2D eigenvalue weighted by Gasteiger charge is -2.71. The minimum absolute atomic E-state index is 0.142.